The van der Waals surface area contributed by atoms with Gasteiger partial charge in [-0.25, -0.2) is 13.2 Å². The maximum Gasteiger partial charge on any atom is 0.333 e. The monoisotopic (exact) mass is 359 g/mol. The van der Waals surface area contributed by atoms with Crippen molar-refractivity contribution in [2.24, 2.45) is 0 Å². The van der Waals surface area contributed by atoms with Crippen LogP contribution in [0.4, 0.5) is 0 Å². The van der Waals surface area contributed by atoms with Crippen molar-refractivity contribution in [1.82, 2.24) is 9.96 Å². The summed E-state index contributed by atoms with van der Waals surface area (Å²) in [6.07, 6.45) is 0.929. The molecule has 0 aromatic heterocycles. The SMILES string of the molecule is O=C(CCCN1C(=O)C=CC1=O)ON1C(=O)CC(S(=O)(=O)[O-])C1=O. The quantitative estimate of drug-likeness (QED) is 0.379. The van der Waals surface area contributed by atoms with Crippen LogP contribution in [0, 0.1) is 0 Å². The number of amides is 4. The van der Waals surface area contributed by atoms with Crippen molar-refractivity contribution in [2.75, 3.05) is 6.54 Å². The van der Waals surface area contributed by atoms with Gasteiger partial charge in [0, 0.05) is 25.1 Å². The molecule has 2 aliphatic rings. The maximum absolute atomic E-state index is 11.6. The van der Waals surface area contributed by atoms with Crippen LogP contribution in [0.25, 0.3) is 0 Å². The van der Waals surface area contributed by atoms with Crippen molar-refractivity contribution in [2.45, 2.75) is 24.5 Å². The molecule has 0 spiro atoms. The maximum atomic E-state index is 11.6. The van der Waals surface area contributed by atoms with Crippen molar-refractivity contribution < 1.29 is 41.8 Å². The average molecular weight is 359 g/mol. The second kappa shape index (κ2) is 6.49. The molecule has 24 heavy (non-hydrogen) atoms. The minimum Gasteiger partial charge on any atom is -0.747 e. The van der Waals surface area contributed by atoms with Gasteiger partial charge < -0.3 is 9.39 Å². The molecule has 0 saturated carbocycles. The number of rotatable bonds is 6. The summed E-state index contributed by atoms with van der Waals surface area (Å²) in [5.74, 6) is -4.64. The third-order valence-electron chi connectivity index (χ3n) is 3.27. The molecule has 0 radical (unpaired) electrons. The van der Waals surface area contributed by atoms with Crippen LogP contribution in [-0.2, 0) is 38.9 Å². The fourth-order valence-electron chi connectivity index (χ4n) is 2.08. The van der Waals surface area contributed by atoms with Crippen LogP contribution in [0.5, 0.6) is 0 Å². The zero-order valence-electron chi connectivity index (χ0n) is 12.0. The Bertz CT molecular complexity index is 736. The molecule has 0 aromatic rings. The van der Waals surface area contributed by atoms with E-state index in [0.717, 1.165) is 17.1 Å². The molecule has 4 amide bonds. The third kappa shape index (κ3) is 3.65. The van der Waals surface area contributed by atoms with Crippen LogP contribution >= 0.6 is 0 Å². The summed E-state index contributed by atoms with van der Waals surface area (Å²) in [6, 6.07) is 0. The number of carbonyl (C=O) groups excluding carboxylic acids is 5. The number of nitrogens with zero attached hydrogens (tertiary/aromatic N) is 2. The van der Waals surface area contributed by atoms with E-state index in [2.05, 4.69) is 4.84 Å². The first-order chi connectivity index (χ1) is 11.1. The summed E-state index contributed by atoms with van der Waals surface area (Å²) in [4.78, 5) is 62.6. The summed E-state index contributed by atoms with van der Waals surface area (Å²) in [5.41, 5.74) is 0. The number of imide groups is 2. The van der Waals surface area contributed by atoms with E-state index < -0.39 is 51.4 Å². The Labute approximate surface area is 135 Å². The molecule has 11 nitrogen and oxygen atoms in total. The highest BCUT2D eigenvalue weighted by Gasteiger charge is 2.45. The standard InChI is InChI=1S/C12H12N2O9S/c15-8-3-4-9(16)13(8)5-1-2-11(18)23-14-10(17)6-7(12(14)19)24(20,21)22/h3-4,7H,1-2,5-6H2,(H,20,21,22)/p-1. The number of hydrogen-bond donors (Lipinski definition) is 0. The van der Waals surface area contributed by atoms with E-state index in [9.17, 15) is 36.9 Å². The molecule has 12 heteroatoms. The zero-order chi connectivity index (χ0) is 18.1. The fourth-order valence-corrected chi connectivity index (χ4v) is 2.77. The van der Waals surface area contributed by atoms with Gasteiger partial charge in [-0.3, -0.25) is 24.1 Å². The number of hydroxylamine groups is 2. The molecule has 1 fully saturated rings. The van der Waals surface area contributed by atoms with Gasteiger partial charge in [-0.15, -0.1) is 5.06 Å². The van der Waals surface area contributed by atoms with Crippen LogP contribution in [0.15, 0.2) is 12.2 Å². The molecule has 1 saturated heterocycles. The van der Waals surface area contributed by atoms with Gasteiger partial charge in [0.05, 0.1) is 6.42 Å². The molecule has 130 valence electrons. The third-order valence-corrected chi connectivity index (χ3v) is 4.33. The van der Waals surface area contributed by atoms with Crippen molar-refractivity contribution in [3.63, 3.8) is 0 Å². The Morgan fingerprint density at radius 2 is 1.79 bits per heavy atom. The van der Waals surface area contributed by atoms with Crippen LogP contribution in [0.2, 0.25) is 0 Å². The summed E-state index contributed by atoms with van der Waals surface area (Å²) < 4.78 is 32.5. The van der Waals surface area contributed by atoms with E-state index in [1.807, 2.05) is 0 Å². The predicted octanol–water partition coefficient (Wildman–Crippen LogP) is -2.18. The van der Waals surface area contributed by atoms with E-state index in [0.29, 0.717) is 0 Å². The second-order valence-electron chi connectivity index (χ2n) is 4.94. The van der Waals surface area contributed by atoms with Crippen molar-refractivity contribution in [1.29, 1.82) is 0 Å². The van der Waals surface area contributed by atoms with Crippen LogP contribution < -0.4 is 0 Å². The molecule has 2 rings (SSSR count). The molecular formula is C12H11N2O9S-. The fraction of sp³-hybridized carbons (Fsp3) is 0.417. The normalized spacial score (nSPS) is 21.1. The minimum atomic E-state index is -5.04. The molecule has 0 aliphatic carbocycles. The molecule has 2 aliphatic heterocycles. The van der Waals surface area contributed by atoms with Gasteiger partial charge in [0.25, 0.3) is 23.6 Å². The Balaban J connectivity index is 1.84. The van der Waals surface area contributed by atoms with Gasteiger partial charge in [-0.1, -0.05) is 0 Å². The molecule has 0 N–H and O–H groups in total. The first kappa shape index (κ1) is 17.7. The van der Waals surface area contributed by atoms with Crippen molar-refractivity contribution >= 4 is 39.7 Å². The van der Waals surface area contributed by atoms with E-state index >= 15 is 0 Å². The molecule has 1 unspecified atom stereocenters. The lowest BCUT2D eigenvalue weighted by Crippen LogP contribution is -2.37. The zero-order valence-corrected chi connectivity index (χ0v) is 12.9. The highest BCUT2D eigenvalue weighted by Crippen LogP contribution is 2.20. The average Bonchev–Trinajstić information content (AvgIpc) is 2.94. The van der Waals surface area contributed by atoms with Gasteiger partial charge >= 0.3 is 5.97 Å². The molecule has 0 aromatic carbocycles. The summed E-state index contributed by atoms with van der Waals surface area (Å²) in [6.45, 7) is -0.0702. The Morgan fingerprint density at radius 1 is 1.21 bits per heavy atom. The van der Waals surface area contributed by atoms with Gasteiger partial charge in [-0.05, 0) is 6.42 Å². The second-order valence-corrected chi connectivity index (χ2v) is 6.49. The van der Waals surface area contributed by atoms with Crippen molar-refractivity contribution in [3.8, 4) is 0 Å². The van der Waals surface area contributed by atoms with Gasteiger partial charge in [-0.2, -0.15) is 0 Å². The van der Waals surface area contributed by atoms with E-state index in [4.69, 9.17) is 0 Å². The van der Waals surface area contributed by atoms with E-state index in [-0.39, 0.29) is 24.4 Å². The Hall–Kier alpha value is -2.60. The first-order valence-electron chi connectivity index (χ1n) is 6.67. The number of carbonyl (C=O) groups is 5. The minimum absolute atomic E-state index is 0.0114. The van der Waals surface area contributed by atoms with Crippen LogP contribution in [0.3, 0.4) is 0 Å². The largest absolute Gasteiger partial charge is 0.747 e. The topological polar surface area (TPSA) is 158 Å². The highest BCUT2D eigenvalue weighted by atomic mass is 32.2. The lowest BCUT2D eigenvalue weighted by Gasteiger charge is -2.16. The molecule has 1 atom stereocenters. The summed E-state index contributed by atoms with van der Waals surface area (Å²) in [5, 5.41) is -2.15. The Morgan fingerprint density at radius 3 is 2.29 bits per heavy atom. The van der Waals surface area contributed by atoms with Crippen LogP contribution in [-0.4, -0.2) is 64.3 Å². The molecular weight excluding hydrogens is 348 g/mol. The highest BCUT2D eigenvalue weighted by molar-refractivity contribution is 7.87. The van der Waals surface area contributed by atoms with Crippen molar-refractivity contribution in [3.05, 3.63) is 12.2 Å². The summed E-state index contributed by atoms with van der Waals surface area (Å²) in [7, 11) is -5.04. The lowest BCUT2D eigenvalue weighted by atomic mass is 10.3. The Kier molecular flexibility index (Phi) is 4.80. The molecule has 2 heterocycles. The van der Waals surface area contributed by atoms with Gasteiger partial charge in [0.15, 0.2) is 0 Å². The smallest absolute Gasteiger partial charge is 0.333 e. The number of hydrogen-bond acceptors (Lipinski definition) is 9. The summed E-state index contributed by atoms with van der Waals surface area (Å²) >= 11 is 0. The predicted molar refractivity (Wildman–Crippen MR) is 71.1 cm³/mol. The lowest BCUT2D eigenvalue weighted by molar-refractivity contribution is -0.197. The first-order valence-corrected chi connectivity index (χ1v) is 8.14. The van der Waals surface area contributed by atoms with E-state index in [1.54, 1.807) is 0 Å². The van der Waals surface area contributed by atoms with E-state index in [1.165, 1.54) is 0 Å². The molecule has 0 bridgehead atoms. The van der Waals surface area contributed by atoms with Gasteiger partial charge in [0.1, 0.15) is 15.4 Å². The van der Waals surface area contributed by atoms with Crippen LogP contribution in [0.1, 0.15) is 19.3 Å². The van der Waals surface area contributed by atoms with Gasteiger partial charge in [0.2, 0.25) is 0 Å².